The van der Waals surface area contributed by atoms with Crippen molar-refractivity contribution in [1.82, 2.24) is 20.1 Å². The van der Waals surface area contributed by atoms with E-state index in [-0.39, 0.29) is 5.91 Å². The molecular formula is C19H24N4OS. The second kappa shape index (κ2) is 7.64. The fourth-order valence-corrected chi connectivity index (χ4v) is 4.66. The summed E-state index contributed by atoms with van der Waals surface area (Å²) in [6.45, 7) is 5.33. The third-order valence-electron chi connectivity index (χ3n) is 5.20. The molecule has 0 aliphatic carbocycles. The summed E-state index contributed by atoms with van der Waals surface area (Å²) in [5.74, 6) is 0.278. The normalized spacial score (nSPS) is 21.1. The predicted molar refractivity (Wildman–Crippen MR) is 99.5 cm³/mol. The van der Waals surface area contributed by atoms with Crippen molar-refractivity contribution in [2.75, 3.05) is 32.7 Å². The second-order valence-electron chi connectivity index (χ2n) is 6.73. The molecule has 6 heteroatoms. The minimum absolute atomic E-state index is 0.278. The van der Waals surface area contributed by atoms with Crippen molar-refractivity contribution in [3.8, 4) is 0 Å². The number of hydrogen-bond acceptors (Lipinski definition) is 5. The highest BCUT2D eigenvalue weighted by molar-refractivity contribution is 7.10. The Balaban J connectivity index is 1.36. The molecule has 2 aliphatic heterocycles. The van der Waals surface area contributed by atoms with Crippen LogP contribution in [0.2, 0.25) is 0 Å². The quantitative estimate of drug-likeness (QED) is 0.911. The van der Waals surface area contributed by atoms with E-state index in [9.17, 15) is 4.79 Å². The maximum atomic E-state index is 12.7. The van der Waals surface area contributed by atoms with Crippen LogP contribution in [0, 0.1) is 0 Å². The van der Waals surface area contributed by atoms with Gasteiger partial charge in [-0.15, -0.1) is 11.3 Å². The fraction of sp³-hybridized carbons (Fsp3) is 0.474. The smallest absolute Gasteiger partial charge is 0.224 e. The number of hydrogen-bond donors (Lipinski definition) is 1. The highest BCUT2D eigenvalue weighted by atomic mass is 32.1. The largest absolute Gasteiger partial charge is 0.338 e. The van der Waals surface area contributed by atoms with E-state index in [0.29, 0.717) is 12.5 Å². The van der Waals surface area contributed by atoms with E-state index in [2.05, 4.69) is 32.7 Å². The Morgan fingerprint density at radius 3 is 3.20 bits per heavy atom. The molecule has 1 fully saturated rings. The highest BCUT2D eigenvalue weighted by Crippen LogP contribution is 2.25. The van der Waals surface area contributed by atoms with Crippen LogP contribution < -0.4 is 5.32 Å². The first-order valence-electron chi connectivity index (χ1n) is 8.99. The maximum absolute atomic E-state index is 12.7. The molecule has 1 unspecified atom stereocenters. The average molecular weight is 356 g/mol. The van der Waals surface area contributed by atoms with E-state index >= 15 is 0 Å². The lowest BCUT2D eigenvalue weighted by Gasteiger charge is -2.36. The van der Waals surface area contributed by atoms with E-state index in [0.717, 1.165) is 45.7 Å². The molecule has 25 heavy (non-hydrogen) atoms. The summed E-state index contributed by atoms with van der Waals surface area (Å²) in [6, 6.07) is 6.58. The number of carbonyl (C=O) groups is 1. The van der Waals surface area contributed by atoms with Gasteiger partial charge in [0.2, 0.25) is 5.91 Å². The van der Waals surface area contributed by atoms with Gasteiger partial charge in [0.05, 0.1) is 0 Å². The summed E-state index contributed by atoms with van der Waals surface area (Å²) in [4.78, 5) is 22.8. The molecule has 4 heterocycles. The van der Waals surface area contributed by atoms with E-state index in [1.165, 1.54) is 16.0 Å². The van der Waals surface area contributed by atoms with Gasteiger partial charge >= 0.3 is 0 Å². The minimum Gasteiger partial charge on any atom is -0.338 e. The number of pyridine rings is 1. The van der Waals surface area contributed by atoms with Crippen LogP contribution in [0.25, 0.3) is 0 Å². The number of thiophene rings is 1. The Morgan fingerprint density at radius 1 is 1.36 bits per heavy atom. The Hall–Kier alpha value is -1.76. The van der Waals surface area contributed by atoms with E-state index in [1.807, 2.05) is 34.7 Å². The molecular weight excluding hydrogens is 332 g/mol. The van der Waals surface area contributed by atoms with Crippen LogP contribution in [0.3, 0.4) is 0 Å². The zero-order valence-electron chi connectivity index (χ0n) is 14.4. The number of rotatable bonds is 4. The Kier molecular flexibility index (Phi) is 5.10. The van der Waals surface area contributed by atoms with Crippen molar-refractivity contribution in [2.45, 2.75) is 25.4 Å². The Morgan fingerprint density at radius 2 is 2.32 bits per heavy atom. The lowest BCUT2D eigenvalue weighted by Crippen LogP contribution is -2.47. The van der Waals surface area contributed by atoms with Crippen molar-refractivity contribution in [3.05, 3.63) is 52.0 Å². The summed E-state index contributed by atoms with van der Waals surface area (Å²) in [5.41, 5.74) is 2.56. The minimum atomic E-state index is 0.278. The molecule has 2 aliphatic rings. The predicted octanol–water partition coefficient (Wildman–Crippen LogP) is 2.06. The topological polar surface area (TPSA) is 48.5 Å². The van der Waals surface area contributed by atoms with E-state index in [4.69, 9.17) is 0 Å². The molecule has 2 aromatic heterocycles. The van der Waals surface area contributed by atoms with Gasteiger partial charge in [0.15, 0.2) is 0 Å². The number of nitrogens with zero attached hydrogens (tertiary/aromatic N) is 3. The van der Waals surface area contributed by atoms with Crippen LogP contribution in [0.4, 0.5) is 0 Å². The van der Waals surface area contributed by atoms with Crippen molar-refractivity contribution >= 4 is 17.2 Å². The Labute approximate surface area is 152 Å². The van der Waals surface area contributed by atoms with Crippen molar-refractivity contribution in [3.63, 3.8) is 0 Å². The van der Waals surface area contributed by atoms with Gasteiger partial charge in [-0.2, -0.15) is 0 Å². The molecule has 1 N–H and O–H groups in total. The van der Waals surface area contributed by atoms with Gasteiger partial charge < -0.3 is 10.2 Å². The number of carbonyl (C=O) groups excluding carboxylic acids is 1. The molecule has 1 amide bonds. The third-order valence-corrected chi connectivity index (χ3v) is 6.22. The maximum Gasteiger partial charge on any atom is 0.224 e. The molecule has 0 aromatic carbocycles. The SMILES string of the molecule is O=C(CCN1CCNCC1c1cccnc1)N1CCc2sccc2C1. The second-order valence-corrected chi connectivity index (χ2v) is 7.73. The Bertz CT molecular complexity index is 717. The standard InChI is InChI=1S/C19H24N4OS/c24-19(23-8-3-18-16(14-23)5-11-25-18)4-9-22-10-7-21-13-17(22)15-2-1-6-20-12-15/h1-2,5-6,11-12,17,21H,3-4,7-10,13-14H2. The van der Waals surface area contributed by atoms with Crippen LogP contribution in [0.15, 0.2) is 36.0 Å². The van der Waals surface area contributed by atoms with Crippen molar-refractivity contribution in [2.24, 2.45) is 0 Å². The lowest BCUT2D eigenvalue weighted by molar-refractivity contribution is -0.132. The summed E-state index contributed by atoms with van der Waals surface area (Å²) < 4.78 is 0. The fourth-order valence-electron chi connectivity index (χ4n) is 3.77. The first-order chi connectivity index (χ1) is 12.3. The molecule has 1 saturated heterocycles. The highest BCUT2D eigenvalue weighted by Gasteiger charge is 2.26. The van der Waals surface area contributed by atoms with E-state index in [1.54, 1.807) is 0 Å². The van der Waals surface area contributed by atoms with Gasteiger partial charge in [0.1, 0.15) is 0 Å². The first kappa shape index (κ1) is 16.7. The number of fused-ring (bicyclic) bond motifs is 1. The van der Waals surface area contributed by atoms with Crippen LogP contribution in [-0.2, 0) is 17.8 Å². The summed E-state index contributed by atoms with van der Waals surface area (Å²) in [7, 11) is 0. The monoisotopic (exact) mass is 356 g/mol. The van der Waals surface area contributed by atoms with Crippen LogP contribution in [0.1, 0.15) is 28.5 Å². The van der Waals surface area contributed by atoms with Crippen LogP contribution >= 0.6 is 11.3 Å². The molecule has 0 saturated carbocycles. The van der Waals surface area contributed by atoms with E-state index < -0.39 is 0 Å². The van der Waals surface area contributed by atoms with Crippen molar-refractivity contribution in [1.29, 1.82) is 0 Å². The first-order valence-corrected chi connectivity index (χ1v) is 9.87. The molecule has 0 radical (unpaired) electrons. The molecule has 0 spiro atoms. The van der Waals surface area contributed by atoms with Gasteiger partial charge in [-0.3, -0.25) is 14.7 Å². The molecule has 5 nitrogen and oxygen atoms in total. The number of nitrogens with one attached hydrogen (secondary N) is 1. The average Bonchev–Trinajstić information content (AvgIpc) is 3.15. The molecule has 2 aromatic rings. The lowest BCUT2D eigenvalue weighted by atomic mass is 10.0. The number of amides is 1. The molecule has 1 atom stereocenters. The zero-order valence-corrected chi connectivity index (χ0v) is 15.2. The van der Waals surface area contributed by atoms with Crippen LogP contribution in [0.5, 0.6) is 0 Å². The van der Waals surface area contributed by atoms with Gasteiger partial charge in [-0.05, 0) is 35.1 Å². The van der Waals surface area contributed by atoms with Gasteiger partial charge in [0, 0.05) is 69.0 Å². The van der Waals surface area contributed by atoms with Gasteiger partial charge in [-0.1, -0.05) is 6.07 Å². The summed E-state index contributed by atoms with van der Waals surface area (Å²) in [5, 5.41) is 5.60. The van der Waals surface area contributed by atoms with Crippen LogP contribution in [-0.4, -0.2) is 53.4 Å². The van der Waals surface area contributed by atoms with Gasteiger partial charge in [-0.25, -0.2) is 0 Å². The summed E-state index contributed by atoms with van der Waals surface area (Å²) in [6.07, 6.45) is 5.35. The van der Waals surface area contributed by atoms with Crippen molar-refractivity contribution < 1.29 is 4.79 Å². The number of aromatic nitrogens is 1. The molecule has 0 bridgehead atoms. The third kappa shape index (κ3) is 3.76. The molecule has 4 rings (SSSR count). The zero-order chi connectivity index (χ0) is 17.1. The summed E-state index contributed by atoms with van der Waals surface area (Å²) >= 11 is 1.81. The number of piperazine rings is 1. The van der Waals surface area contributed by atoms with Gasteiger partial charge in [0.25, 0.3) is 0 Å². The molecule has 132 valence electrons.